The second-order valence-electron chi connectivity index (χ2n) is 5.97. The average molecular weight is 293 g/mol. The normalized spacial score (nSPS) is 11.9. The fourth-order valence-corrected chi connectivity index (χ4v) is 1.16. The molecule has 0 aromatic heterocycles. The van der Waals surface area contributed by atoms with Crippen LogP contribution in [0.3, 0.4) is 0 Å². The Hall–Kier alpha value is -1.10. The van der Waals surface area contributed by atoms with Gasteiger partial charge in [0.05, 0.1) is 10.8 Å². The number of rotatable bonds is 6. The Labute approximate surface area is 118 Å². The van der Waals surface area contributed by atoms with Crippen LogP contribution in [0.15, 0.2) is 0 Å². The fourth-order valence-electron chi connectivity index (χ4n) is 1.06. The van der Waals surface area contributed by atoms with Gasteiger partial charge in [-0.2, -0.15) is 0 Å². The predicted octanol–water partition coefficient (Wildman–Crippen LogP) is 2.65. The van der Waals surface area contributed by atoms with Crippen LogP contribution in [-0.2, 0) is 23.9 Å². The van der Waals surface area contributed by atoms with Crippen LogP contribution in [0.1, 0.15) is 47.5 Å². The minimum Gasteiger partial charge on any atom is -0.427 e. The minimum atomic E-state index is -0.849. The van der Waals surface area contributed by atoms with Crippen LogP contribution in [-0.4, -0.2) is 24.0 Å². The van der Waals surface area contributed by atoms with Gasteiger partial charge >= 0.3 is 11.9 Å². The number of hydrogen-bond donors (Lipinski definition) is 0. The fraction of sp³-hybridized carbons (Fsp3) is 0.769. The van der Waals surface area contributed by atoms with Crippen LogP contribution in [0.4, 0.5) is 0 Å². The van der Waals surface area contributed by atoms with E-state index in [1.807, 2.05) is 0 Å². The molecule has 110 valence electrons. The van der Waals surface area contributed by atoms with Crippen molar-refractivity contribution in [1.29, 1.82) is 0 Å². The molecule has 0 aliphatic rings. The molecule has 19 heavy (non-hydrogen) atoms. The highest BCUT2D eigenvalue weighted by molar-refractivity contribution is 6.63. The molecule has 0 aliphatic heterocycles. The lowest BCUT2D eigenvalue weighted by Gasteiger charge is -2.22. The van der Waals surface area contributed by atoms with Gasteiger partial charge in [0.15, 0.2) is 0 Å². The van der Waals surface area contributed by atoms with Crippen molar-refractivity contribution in [1.82, 2.24) is 0 Å². The maximum Gasteiger partial charge on any atom is 0.314 e. The predicted molar refractivity (Wildman–Crippen MR) is 70.4 cm³/mol. The molecule has 0 radical (unpaired) electrons. The number of esters is 2. The van der Waals surface area contributed by atoms with Crippen molar-refractivity contribution in [3.63, 3.8) is 0 Å². The molecule has 0 saturated heterocycles. The summed E-state index contributed by atoms with van der Waals surface area (Å²) in [5.41, 5.74) is -1.49. The topological polar surface area (TPSA) is 69.7 Å². The Morgan fingerprint density at radius 2 is 1.42 bits per heavy atom. The van der Waals surface area contributed by atoms with Gasteiger partial charge in [0.1, 0.15) is 0 Å². The maximum atomic E-state index is 11.7. The van der Waals surface area contributed by atoms with Crippen molar-refractivity contribution >= 4 is 28.8 Å². The number of halogens is 1. The highest BCUT2D eigenvalue weighted by Crippen LogP contribution is 2.25. The summed E-state index contributed by atoms with van der Waals surface area (Å²) in [7, 11) is 0. The van der Waals surface area contributed by atoms with Crippen LogP contribution >= 0.6 is 11.6 Å². The first-order chi connectivity index (χ1) is 8.47. The Bertz CT molecular complexity index is 355. The summed E-state index contributed by atoms with van der Waals surface area (Å²) in [6.07, 6.45) is 0.368. The van der Waals surface area contributed by atoms with E-state index in [1.54, 1.807) is 34.6 Å². The molecule has 0 spiro atoms. The Morgan fingerprint density at radius 3 is 1.84 bits per heavy atom. The molecular formula is C13H21ClO5. The van der Waals surface area contributed by atoms with Gasteiger partial charge in [-0.3, -0.25) is 14.4 Å². The molecule has 0 aromatic carbocycles. The van der Waals surface area contributed by atoms with E-state index in [4.69, 9.17) is 21.1 Å². The smallest absolute Gasteiger partial charge is 0.314 e. The van der Waals surface area contributed by atoms with E-state index >= 15 is 0 Å². The Kier molecular flexibility index (Phi) is 6.49. The van der Waals surface area contributed by atoms with E-state index in [0.717, 1.165) is 0 Å². The van der Waals surface area contributed by atoms with E-state index < -0.39 is 34.8 Å². The summed E-state index contributed by atoms with van der Waals surface area (Å²) in [6, 6.07) is 0. The summed E-state index contributed by atoms with van der Waals surface area (Å²) in [5.74, 6) is -0.985. The molecule has 5 nitrogen and oxygen atoms in total. The van der Waals surface area contributed by atoms with Crippen molar-refractivity contribution in [2.45, 2.75) is 47.5 Å². The zero-order chi connectivity index (χ0) is 15.3. The highest BCUT2D eigenvalue weighted by atomic mass is 35.5. The van der Waals surface area contributed by atoms with Crippen LogP contribution in [0.25, 0.3) is 0 Å². The van der Waals surface area contributed by atoms with Gasteiger partial charge < -0.3 is 9.47 Å². The molecule has 0 atom stereocenters. The first kappa shape index (κ1) is 17.9. The van der Waals surface area contributed by atoms with Crippen LogP contribution in [0.2, 0.25) is 0 Å². The van der Waals surface area contributed by atoms with Gasteiger partial charge in [-0.15, -0.1) is 0 Å². The van der Waals surface area contributed by atoms with Gasteiger partial charge in [-0.25, -0.2) is 0 Å². The third kappa shape index (κ3) is 7.15. The molecule has 6 heteroatoms. The molecule has 0 bridgehead atoms. The molecule has 0 N–H and O–H groups in total. The lowest BCUT2D eigenvalue weighted by molar-refractivity contribution is -0.178. The minimum absolute atomic E-state index is 0.0887. The average Bonchev–Trinajstić information content (AvgIpc) is 2.24. The SMILES string of the molecule is CC(C)(C)C(=O)OCOC(=O)C(C)(C)CCC(=O)Cl. The van der Waals surface area contributed by atoms with Gasteiger partial charge in [0, 0.05) is 6.42 Å². The van der Waals surface area contributed by atoms with Gasteiger partial charge in [0.25, 0.3) is 0 Å². The van der Waals surface area contributed by atoms with E-state index in [1.165, 1.54) is 0 Å². The molecule has 0 saturated carbocycles. The van der Waals surface area contributed by atoms with Crippen molar-refractivity contribution in [2.75, 3.05) is 6.79 Å². The number of ether oxygens (including phenoxy) is 2. The summed E-state index contributed by atoms with van der Waals surface area (Å²) in [4.78, 5) is 33.8. The maximum absolute atomic E-state index is 11.7. The molecular weight excluding hydrogens is 272 g/mol. The lowest BCUT2D eigenvalue weighted by Crippen LogP contribution is -2.30. The summed E-state index contributed by atoms with van der Waals surface area (Å²) in [5, 5.41) is -0.500. The first-order valence-electron chi connectivity index (χ1n) is 5.99. The second kappa shape index (κ2) is 6.89. The molecule has 0 heterocycles. The standard InChI is InChI=1S/C13H21ClO5/c1-12(2,3)10(16)18-8-19-11(17)13(4,5)7-6-9(14)15/h6-8H2,1-5H3. The summed E-state index contributed by atoms with van der Waals surface area (Å²) >= 11 is 5.22. The van der Waals surface area contributed by atoms with E-state index in [0.29, 0.717) is 0 Å². The van der Waals surface area contributed by atoms with Crippen molar-refractivity contribution < 1.29 is 23.9 Å². The number of hydrogen-bond acceptors (Lipinski definition) is 5. The monoisotopic (exact) mass is 292 g/mol. The van der Waals surface area contributed by atoms with Crippen molar-refractivity contribution in [2.24, 2.45) is 10.8 Å². The Balaban J connectivity index is 4.17. The third-order valence-corrected chi connectivity index (χ3v) is 2.68. The summed E-state index contributed by atoms with van der Waals surface area (Å²) in [6.45, 7) is 7.96. The zero-order valence-corrected chi connectivity index (χ0v) is 12.8. The molecule has 0 aliphatic carbocycles. The van der Waals surface area contributed by atoms with E-state index in [2.05, 4.69) is 0 Å². The Morgan fingerprint density at radius 1 is 0.947 bits per heavy atom. The van der Waals surface area contributed by atoms with E-state index in [-0.39, 0.29) is 12.8 Å². The molecule has 0 amide bonds. The third-order valence-electron chi connectivity index (χ3n) is 2.49. The first-order valence-corrected chi connectivity index (χ1v) is 6.37. The second-order valence-corrected chi connectivity index (χ2v) is 6.39. The van der Waals surface area contributed by atoms with Crippen LogP contribution in [0, 0.1) is 10.8 Å². The van der Waals surface area contributed by atoms with Crippen molar-refractivity contribution in [3.8, 4) is 0 Å². The summed E-state index contributed by atoms with van der Waals surface area (Å²) < 4.78 is 9.69. The van der Waals surface area contributed by atoms with Crippen molar-refractivity contribution in [3.05, 3.63) is 0 Å². The van der Waals surface area contributed by atoms with Crippen LogP contribution < -0.4 is 0 Å². The van der Waals surface area contributed by atoms with Gasteiger partial charge in [0.2, 0.25) is 12.0 Å². The number of carbonyl (C=O) groups excluding carboxylic acids is 3. The zero-order valence-electron chi connectivity index (χ0n) is 12.0. The molecule has 0 unspecified atom stereocenters. The van der Waals surface area contributed by atoms with E-state index in [9.17, 15) is 14.4 Å². The highest BCUT2D eigenvalue weighted by Gasteiger charge is 2.30. The molecule has 0 aromatic rings. The quantitative estimate of drug-likeness (QED) is 0.427. The van der Waals surface area contributed by atoms with Crippen LogP contribution in [0.5, 0.6) is 0 Å². The van der Waals surface area contributed by atoms with Gasteiger partial charge in [-0.05, 0) is 52.6 Å². The van der Waals surface area contributed by atoms with Gasteiger partial charge in [-0.1, -0.05) is 0 Å². The number of carbonyl (C=O) groups is 3. The largest absolute Gasteiger partial charge is 0.427 e. The lowest BCUT2D eigenvalue weighted by atomic mass is 9.88. The molecule has 0 fully saturated rings. The molecule has 0 rings (SSSR count).